The van der Waals surface area contributed by atoms with Gasteiger partial charge in [0.15, 0.2) is 0 Å². The minimum atomic E-state index is -0.389. The number of hydrogen-bond acceptors (Lipinski definition) is 3. The molecule has 3 aliphatic rings. The van der Waals surface area contributed by atoms with Gasteiger partial charge in [0.05, 0.1) is 17.8 Å². The van der Waals surface area contributed by atoms with Gasteiger partial charge < -0.3 is 14.7 Å². The van der Waals surface area contributed by atoms with Crippen molar-refractivity contribution in [3.8, 4) is 0 Å². The zero-order valence-corrected chi connectivity index (χ0v) is 17.6. The summed E-state index contributed by atoms with van der Waals surface area (Å²) in [5, 5.41) is 0. The first-order chi connectivity index (χ1) is 15.1. The summed E-state index contributed by atoms with van der Waals surface area (Å²) < 4.78 is 0. The molecule has 0 aromatic heterocycles. The van der Waals surface area contributed by atoms with Crippen LogP contribution in [0.25, 0.3) is 0 Å². The first-order valence-electron chi connectivity index (χ1n) is 11.2. The standard InChI is InChI=1S/C25H27N3O3/c29-23(26-14-4-1-5-15-26)19-12-10-18(11-13-19)17-28-21-8-3-2-7-20(21)24(30)27-16-6-9-22(27)25(28)31/h2-3,7-8,10-13,22H,1,4-6,9,14-17H2. The van der Waals surface area contributed by atoms with E-state index in [9.17, 15) is 14.4 Å². The molecule has 0 N–H and O–H groups in total. The molecule has 0 saturated carbocycles. The molecule has 3 aliphatic heterocycles. The Bertz CT molecular complexity index is 1010. The molecular weight excluding hydrogens is 390 g/mol. The molecule has 1 atom stereocenters. The van der Waals surface area contributed by atoms with Gasteiger partial charge in [0.25, 0.3) is 11.8 Å². The first-order valence-corrected chi connectivity index (χ1v) is 11.2. The van der Waals surface area contributed by atoms with Crippen molar-refractivity contribution in [1.82, 2.24) is 9.80 Å². The van der Waals surface area contributed by atoms with Gasteiger partial charge in [-0.2, -0.15) is 0 Å². The molecule has 5 rings (SSSR count). The van der Waals surface area contributed by atoms with E-state index >= 15 is 0 Å². The van der Waals surface area contributed by atoms with Crippen molar-refractivity contribution in [2.45, 2.75) is 44.7 Å². The third-order valence-electron chi connectivity index (χ3n) is 6.67. The summed E-state index contributed by atoms with van der Waals surface area (Å²) in [6.45, 7) is 2.66. The average molecular weight is 418 g/mol. The minimum Gasteiger partial charge on any atom is -0.339 e. The van der Waals surface area contributed by atoms with Crippen LogP contribution in [-0.2, 0) is 11.3 Å². The van der Waals surface area contributed by atoms with E-state index in [1.807, 2.05) is 47.4 Å². The SMILES string of the molecule is O=C(c1ccc(CN2C(=O)C3CCCN3C(=O)c3ccccc32)cc1)N1CCCCC1. The highest BCUT2D eigenvalue weighted by Gasteiger charge is 2.41. The van der Waals surface area contributed by atoms with E-state index < -0.39 is 0 Å². The number of likely N-dealkylation sites (tertiary alicyclic amines) is 1. The molecule has 6 heteroatoms. The molecule has 3 heterocycles. The number of nitrogens with zero attached hydrogens (tertiary/aromatic N) is 3. The topological polar surface area (TPSA) is 60.9 Å². The van der Waals surface area contributed by atoms with Crippen molar-refractivity contribution in [3.63, 3.8) is 0 Å². The molecule has 3 amide bonds. The maximum absolute atomic E-state index is 13.4. The zero-order chi connectivity index (χ0) is 21.4. The number of amides is 3. The third kappa shape index (κ3) is 3.60. The van der Waals surface area contributed by atoms with E-state index in [1.54, 1.807) is 15.9 Å². The lowest BCUT2D eigenvalue weighted by Gasteiger charge is -2.27. The van der Waals surface area contributed by atoms with Crippen LogP contribution >= 0.6 is 0 Å². The number of fused-ring (bicyclic) bond motifs is 2. The predicted molar refractivity (Wildman–Crippen MR) is 118 cm³/mol. The maximum atomic E-state index is 13.4. The number of carbonyl (C=O) groups excluding carboxylic acids is 3. The van der Waals surface area contributed by atoms with Crippen molar-refractivity contribution in [2.75, 3.05) is 24.5 Å². The molecular formula is C25H27N3O3. The zero-order valence-electron chi connectivity index (χ0n) is 17.6. The lowest BCUT2D eigenvalue weighted by Crippen LogP contribution is -2.44. The Hall–Kier alpha value is -3.15. The summed E-state index contributed by atoms with van der Waals surface area (Å²) in [7, 11) is 0. The molecule has 2 aromatic rings. The van der Waals surface area contributed by atoms with Crippen LogP contribution in [0.5, 0.6) is 0 Å². The largest absolute Gasteiger partial charge is 0.339 e. The predicted octanol–water partition coefficient (Wildman–Crippen LogP) is 3.46. The van der Waals surface area contributed by atoms with Gasteiger partial charge in [-0.1, -0.05) is 24.3 Å². The van der Waals surface area contributed by atoms with Crippen molar-refractivity contribution in [3.05, 3.63) is 65.2 Å². The molecule has 0 spiro atoms. The summed E-state index contributed by atoms with van der Waals surface area (Å²) in [6, 6.07) is 14.5. The fourth-order valence-electron chi connectivity index (χ4n) is 4.99. The molecule has 1 unspecified atom stereocenters. The second kappa shape index (κ2) is 8.17. The number of carbonyl (C=O) groups is 3. The molecule has 2 saturated heterocycles. The molecule has 160 valence electrons. The number of rotatable bonds is 3. The van der Waals surface area contributed by atoms with E-state index in [1.165, 1.54) is 6.42 Å². The number of benzene rings is 2. The number of anilines is 1. The monoisotopic (exact) mass is 417 g/mol. The van der Waals surface area contributed by atoms with Crippen molar-refractivity contribution in [2.24, 2.45) is 0 Å². The van der Waals surface area contributed by atoms with Crippen LogP contribution in [0.4, 0.5) is 5.69 Å². The van der Waals surface area contributed by atoms with Crippen LogP contribution in [0.1, 0.15) is 58.4 Å². The average Bonchev–Trinajstić information content (AvgIpc) is 3.30. The smallest absolute Gasteiger partial charge is 0.256 e. The van der Waals surface area contributed by atoms with Crippen molar-refractivity contribution >= 4 is 23.4 Å². The van der Waals surface area contributed by atoms with E-state index in [0.29, 0.717) is 36.3 Å². The lowest BCUT2D eigenvalue weighted by molar-refractivity contribution is -0.122. The highest BCUT2D eigenvalue weighted by molar-refractivity contribution is 6.11. The Morgan fingerprint density at radius 1 is 0.871 bits per heavy atom. The normalized spacial score (nSPS) is 21.0. The van der Waals surface area contributed by atoms with Gasteiger partial charge >= 0.3 is 0 Å². The number of hydrogen-bond donors (Lipinski definition) is 0. The Morgan fingerprint density at radius 2 is 1.61 bits per heavy atom. The van der Waals surface area contributed by atoms with Gasteiger partial charge in [-0.25, -0.2) is 0 Å². The van der Waals surface area contributed by atoms with Gasteiger partial charge in [0, 0.05) is 25.2 Å². The van der Waals surface area contributed by atoms with E-state index in [0.717, 1.165) is 37.9 Å². The Morgan fingerprint density at radius 3 is 2.39 bits per heavy atom. The molecule has 0 bridgehead atoms. The van der Waals surface area contributed by atoms with Gasteiger partial charge in [0.1, 0.15) is 6.04 Å². The summed E-state index contributed by atoms with van der Waals surface area (Å²) in [5.41, 5.74) is 2.88. The number of piperidine rings is 1. The second-order valence-electron chi connectivity index (χ2n) is 8.65. The summed E-state index contributed by atoms with van der Waals surface area (Å²) >= 11 is 0. The summed E-state index contributed by atoms with van der Waals surface area (Å²) in [6.07, 6.45) is 4.88. The Labute approximate surface area is 182 Å². The summed E-state index contributed by atoms with van der Waals surface area (Å²) in [4.78, 5) is 44.6. The first kappa shape index (κ1) is 19.8. The maximum Gasteiger partial charge on any atom is 0.256 e. The van der Waals surface area contributed by atoms with E-state index in [4.69, 9.17) is 0 Å². The number of para-hydroxylation sites is 1. The van der Waals surface area contributed by atoms with Crippen LogP contribution in [-0.4, -0.2) is 53.2 Å². The summed E-state index contributed by atoms with van der Waals surface area (Å²) in [5.74, 6) is -0.00432. The molecule has 0 aliphatic carbocycles. The molecule has 2 aromatic carbocycles. The fraction of sp³-hybridized carbons (Fsp3) is 0.400. The molecule has 2 fully saturated rings. The van der Waals surface area contributed by atoms with Gasteiger partial charge in [-0.15, -0.1) is 0 Å². The second-order valence-corrected chi connectivity index (χ2v) is 8.65. The van der Waals surface area contributed by atoms with Crippen molar-refractivity contribution < 1.29 is 14.4 Å². The minimum absolute atomic E-state index is 0.0238. The van der Waals surface area contributed by atoms with Crippen LogP contribution in [0, 0.1) is 0 Å². The van der Waals surface area contributed by atoms with Gasteiger partial charge in [-0.05, 0) is 61.9 Å². The van der Waals surface area contributed by atoms with Gasteiger partial charge in [0.2, 0.25) is 5.91 Å². The van der Waals surface area contributed by atoms with Gasteiger partial charge in [-0.3, -0.25) is 14.4 Å². The Kier molecular flexibility index (Phi) is 5.22. The third-order valence-corrected chi connectivity index (χ3v) is 6.67. The quantitative estimate of drug-likeness (QED) is 0.768. The van der Waals surface area contributed by atoms with Crippen molar-refractivity contribution in [1.29, 1.82) is 0 Å². The van der Waals surface area contributed by atoms with Crippen LogP contribution in [0.3, 0.4) is 0 Å². The van der Waals surface area contributed by atoms with E-state index in [-0.39, 0.29) is 23.8 Å². The molecule has 0 radical (unpaired) electrons. The molecule has 31 heavy (non-hydrogen) atoms. The lowest BCUT2D eigenvalue weighted by atomic mass is 10.1. The van der Waals surface area contributed by atoms with Crippen LogP contribution in [0.15, 0.2) is 48.5 Å². The van der Waals surface area contributed by atoms with Crippen LogP contribution in [0.2, 0.25) is 0 Å². The highest BCUT2D eigenvalue weighted by atomic mass is 16.2. The highest BCUT2D eigenvalue weighted by Crippen LogP contribution is 2.33. The van der Waals surface area contributed by atoms with E-state index in [2.05, 4.69) is 0 Å². The Balaban J connectivity index is 1.40. The fourth-order valence-corrected chi connectivity index (χ4v) is 4.99. The molecule has 6 nitrogen and oxygen atoms in total. The van der Waals surface area contributed by atoms with Crippen LogP contribution < -0.4 is 4.90 Å².